The monoisotopic (exact) mass is 224 g/mol. The predicted octanol–water partition coefficient (Wildman–Crippen LogP) is 1.77. The van der Waals surface area contributed by atoms with Gasteiger partial charge in [-0.15, -0.1) is 0 Å². The summed E-state index contributed by atoms with van der Waals surface area (Å²) in [6, 6.07) is 7.83. The minimum Gasteiger partial charge on any atom is -0.369 e. The molecule has 17 heavy (non-hydrogen) atoms. The summed E-state index contributed by atoms with van der Waals surface area (Å²) in [4.78, 5) is 14.9. The molecule has 0 unspecified atom stereocenters. The molecule has 0 atom stereocenters. The van der Waals surface area contributed by atoms with E-state index in [1.54, 1.807) is 6.20 Å². The van der Waals surface area contributed by atoms with Crippen LogP contribution in [0.25, 0.3) is 10.9 Å². The van der Waals surface area contributed by atoms with Crippen LogP contribution in [0.3, 0.4) is 0 Å². The molecule has 2 aromatic rings. The summed E-state index contributed by atoms with van der Waals surface area (Å²) in [5, 5.41) is 1.09. The van der Waals surface area contributed by atoms with Crippen LogP contribution in [-0.4, -0.2) is 10.9 Å². The highest BCUT2D eigenvalue weighted by molar-refractivity contribution is 5.83. The number of primary amides is 1. The fourth-order valence-corrected chi connectivity index (χ4v) is 1.65. The van der Waals surface area contributed by atoms with E-state index >= 15 is 0 Å². The Labute approximate surface area is 99.7 Å². The number of amides is 1. The zero-order valence-corrected chi connectivity index (χ0v) is 9.53. The number of hydrogen-bond acceptors (Lipinski definition) is 2. The van der Waals surface area contributed by atoms with Gasteiger partial charge in [-0.3, -0.25) is 9.78 Å². The van der Waals surface area contributed by atoms with Crippen molar-refractivity contribution < 1.29 is 4.79 Å². The molecule has 2 rings (SSSR count). The molecular formula is C14H12N2O. The van der Waals surface area contributed by atoms with Crippen LogP contribution in [0.5, 0.6) is 0 Å². The molecule has 1 aromatic carbocycles. The number of carbonyl (C=O) groups excluding carboxylic acids is 1. The van der Waals surface area contributed by atoms with Crippen LogP contribution in [0.2, 0.25) is 0 Å². The van der Waals surface area contributed by atoms with Gasteiger partial charge in [0.15, 0.2) is 0 Å². The number of benzene rings is 1. The normalized spacial score (nSPS) is 9.71. The van der Waals surface area contributed by atoms with Crippen molar-refractivity contribution in [1.82, 2.24) is 4.98 Å². The largest absolute Gasteiger partial charge is 0.369 e. The lowest BCUT2D eigenvalue weighted by atomic mass is 10.0. The highest BCUT2D eigenvalue weighted by atomic mass is 16.1. The van der Waals surface area contributed by atoms with Crippen LogP contribution in [0.4, 0.5) is 0 Å². The molecule has 0 aliphatic rings. The van der Waals surface area contributed by atoms with E-state index in [0.717, 1.165) is 22.0 Å². The molecule has 84 valence electrons. The first-order valence-electron chi connectivity index (χ1n) is 5.30. The zero-order chi connectivity index (χ0) is 12.3. The number of aromatic nitrogens is 1. The summed E-state index contributed by atoms with van der Waals surface area (Å²) in [5.41, 5.74) is 7.89. The summed E-state index contributed by atoms with van der Waals surface area (Å²) in [5.74, 6) is 5.29. The van der Waals surface area contributed by atoms with Crippen LogP contribution in [-0.2, 0) is 4.79 Å². The van der Waals surface area contributed by atoms with E-state index in [9.17, 15) is 4.79 Å². The molecule has 0 aliphatic carbocycles. The summed E-state index contributed by atoms with van der Waals surface area (Å²) >= 11 is 0. The van der Waals surface area contributed by atoms with Crippen LogP contribution >= 0.6 is 0 Å². The van der Waals surface area contributed by atoms with Gasteiger partial charge in [0, 0.05) is 17.1 Å². The van der Waals surface area contributed by atoms with Crippen molar-refractivity contribution in [2.75, 3.05) is 0 Å². The number of carbonyl (C=O) groups is 1. The lowest BCUT2D eigenvalue weighted by molar-refractivity contribution is -0.117. The van der Waals surface area contributed by atoms with Crippen molar-refractivity contribution in [3.63, 3.8) is 0 Å². The van der Waals surface area contributed by atoms with Gasteiger partial charge in [-0.25, -0.2) is 0 Å². The van der Waals surface area contributed by atoms with Crippen LogP contribution in [0.1, 0.15) is 17.5 Å². The Hall–Kier alpha value is -2.34. The number of fused-ring (bicyclic) bond motifs is 1. The second-order valence-electron chi connectivity index (χ2n) is 3.76. The fraction of sp³-hybridized carbons (Fsp3) is 0.143. The third-order valence-electron chi connectivity index (χ3n) is 2.51. The van der Waals surface area contributed by atoms with Gasteiger partial charge < -0.3 is 5.73 Å². The predicted molar refractivity (Wildman–Crippen MR) is 67.2 cm³/mol. The molecule has 3 heteroatoms. The molecule has 1 heterocycles. The van der Waals surface area contributed by atoms with E-state index in [0.29, 0.717) is 0 Å². The molecule has 0 fully saturated rings. The number of pyridine rings is 1. The molecule has 3 nitrogen and oxygen atoms in total. The quantitative estimate of drug-likeness (QED) is 0.750. The summed E-state index contributed by atoms with van der Waals surface area (Å²) in [6.45, 7) is 1.98. The molecule has 0 spiro atoms. The van der Waals surface area contributed by atoms with Gasteiger partial charge in [0.2, 0.25) is 5.91 Å². The summed E-state index contributed by atoms with van der Waals surface area (Å²) in [6.07, 6.45) is 1.84. The second-order valence-corrected chi connectivity index (χ2v) is 3.76. The van der Waals surface area contributed by atoms with E-state index in [4.69, 9.17) is 5.73 Å². The standard InChI is InChI=1S/C14H12N2O/c1-10-11(4-2-6-13(15)17)7-8-12-5-3-9-16-14(10)12/h3,5,7-9H,6H2,1H3,(H2,15,17). The van der Waals surface area contributed by atoms with E-state index in [1.165, 1.54) is 0 Å². The second kappa shape index (κ2) is 4.67. The van der Waals surface area contributed by atoms with Gasteiger partial charge in [-0.05, 0) is 24.6 Å². The lowest BCUT2D eigenvalue weighted by Crippen LogP contribution is -2.08. The van der Waals surface area contributed by atoms with Crippen LogP contribution in [0, 0.1) is 18.8 Å². The number of nitrogens with zero attached hydrogens (tertiary/aromatic N) is 1. The van der Waals surface area contributed by atoms with Crippen molar-refractivity contribution in [1.29, 1.82) is 0 Å². The fourth-order valence-electron chi connectivity index (χ4n) is 1.65. The SMILES string of the molecule is Cc1c(C#CCC(N)=O)ccc2cccnc12. The van der Waals surface area contributed by atoms with Crippen LogP contribution < -0.4 is 5.73 Å². The zero-order valence-electron chi connectivity index (χ0n) is 9.53. The molecular weight excluding hydrogens is 212 g/mol. The smallest absolute Gasteiger partial charge is 0.229 e. The van der Waals surface area contributed by atoms with Gasteiger partial charge in [-0.2, -0.15) is 0 Å². The molecule has 0 aliphatic heterocycles. The maximum Gasteiger partial charge on any atom is 0.229 e. The third-order valence-corrected chi connectivity index (χ3v) is 2.51. The first-order valence-corrected chi connectivity index (χ1v) is 5.30. The highest BCUT2D eigenvalue weighted by Crippen LogP contribution is 2.18. The van der Waals surface area contributed by atoms with E-state index < -0.39 is 5.91 Å². The maximum absolute atomic E-state index is 10.6. The number of hydrogen-bond donors (Lipinski definition) is 1. The Morgan fingerprint density at radius 1 is 1.41 bits per heavy atom. The topological polar surface area (TPSA) is 56.0 Å². The Bertz CT molecular complexity index is 635. The first kappa shape index (κ1) is 11.2. The van der Waals surface area contributed by atoms with E-state index in [1.807, 2.05) is 31.2 Å². The third kappa shape index (κ3) is 2.43. The number of rotatable bonds is 1. The molecule has 2 N–H and O–H groups in total. The van der Waals surface area contributed by atoms with E-state index in [-0.39, 0.29) is 6.42 Å². The van der Waals surface area contributed by atoms with Gasteiger partial charge in [0.05, 0.1) is 11.9 Å². The first-order chi connectivity index (χ1) is 8.18. The molecule has 0 saturated heterocycles. The average Bonchev–Trinajstić information content (AvgIpc) is 2.32. The van der Waals surface area contributed by atoms with Gasteiger partial charge >= 0.3 is 0 Å². The number of aryl methyl sites for hydroxylation is 1. The van der Waals surface area contributed by atoms with Crippen molar-refractivity contribution in [3.05, 3.63) is 41.6 Å². The molecule has 0 saturated carbocycles. The van der Waals surface area contributed by atoms with Gasteiger partial charge in [-0.1, -0.05) is 24.0 Å². The Morgan fingerprint density at radius 2 is 2.24 bits per heavy atom. The summed E-state index contributed by atoms with van der Waals surface area (Å²) in [7, 11) is 0. The van der Waals surface area contributed by atoms with Crippen molar-refractivity contribution >= 4 is 16.8 Å². The van der Waals surface area contributed by atoms with Crippen molar-refractivity contribution in [2.45, 2.75) is 13.3 Å². The Morgan fingerprint density at radius 3 is 3.00 bits per heavy atom. The van der Waals surface area contributed by atoms with Gasteiger partial charge in [0.25, 0.3) is 0 Å². The minimum absolute atomic E-state index is 0.0830. The average molecular weight is 224 g/mol. The highest BCUT2D eigenvalue weighted by Gasteiger charge is 2.01. The molecule has 1 amide bonds. The Balaban J connectivity index is 2.45. The van der Waals surface area contributed by atoms with Crippen molar-refractivity contribution in [2.24, 2.45) is 5.73 Å². The lowest BCUT2D eigenvalue weighted by Gasteiger charge is -2.02. The minimum atomic E-state index is -0.408. The molecule has 0 bridgehead atoms. The number of nitrogens with two attached hydrogens (primary N) is 1. The molecule has 1 aromatic heterocycles. The van der Waals surface area contributed by atoms with Crippen LogP contribution in [0.15, 0.2) is 30.5 Å². The Kier molecular flexibility index (Phi) is 3.06. The maximum atomic E-state index is 10.6. The summed E-state index contributed by atoms with van der Waals surface area (Å²) < 4.78 is 0. The van der Waals surface area contributed by atoms with Crippen molar-refractivity contribution in [3.8, 4) is 11.8 Å². The van der Waals surface area contributed by atoms with Gasteiger partial charge in [0.1, 0.15) is 0 Å². The molecule has 0 radical (unpaired) electrons. The van der Waals surface area contributed by atoms with E-state index in [2.05, 4.69) is 16.8 Å².